The molecule has 0 fully saturated rings. The maximum absolute atomic E-state index is 13.3. The van der Waals surface area contributed by atoms with Gasteiger partial charge < -0.3 is 5.32 Å². The van der Waals surface area contributed by atoms with E-state index in [4.69, 9.17) is 0 Å². The highest BCUT2D eigenvalue weighted by molar-refractivity contribution is 8.00. The van der Waals surface area contributed by atoms with Crippen LogP contribution in [0, 0.1) is 5.82 Å². The second-order valence-corrected chi connectivity index (χ2v) is 7.75. The number of para-hydroxylation sites is 1. The zero-order valence-electron chi connectivity index (χ0n) is 15.3. The lowest BCUT2D eigenvalue weighted by Crippen LogP contribution is -2.28. The fourth-order valence-corrected chi connectivity index (χ4v) is 3.73. The van der Waals surface area contributed by atoms with E-state index in [-0.39, 0.29) is 17.5 Å². The van der Waals surface area contributed by atoms with Crippen molar-refractivity contribution in [3.63, 3.8) is 0 Å². The summed E-state index contributed by atoms with van der Waals surface area (Å²) in [5.41, 5.74) is 0.857. The Hall–Kier alpha value is -2.67. The van der Waals surface area contributed by atoms with Crippen LogP contribution in [0.1, 0.15) is 26.8 Å². The molecule has 1 N–H and O–H groups in total. The van der Waals surface area contributed by atoms with Gasteiger partial charge in [0, 0.05) is 11.7 Å². The highest BCUT2D eigenvalue weighted by Gasteiger charge is 2.20. The van der Waals surface area contributed by atoms with E-state index in [9.17, 15) is 14.0 Å². The molecular weight excluding hydrogens is 365 g/mol. The molecule has 0 bridgehead atoms. The Kier molecular flexibility index (Phi) is 5.60. The maximum atomic E-state index is 13.3. The molecule has 0 spiro atoms. The van der Waals surface area contributed by atoms with Crippen LogP contribution in [0.3, 0.4) is 0 Å². The van der Waals surface area contributed by atoms with Crippen LogP contribution in [0.4, 0.5) is 10.1 Å². The number of fused-ring (bicyclic) bond motifs is 1. The lowest BCUT2D eigenvalue weighted by molar-refractivity contribution is -0.115. The van der Waals surface area contributed by atoms with E-state index in [1.54, 1.807) is 35.8 Å². The first-order valence-electron chi connectivity index (χ1n) is 8.61. The summed E-state index contributed by atoms with van der Waals surface area (Å²) >= 11 is 1.21. The summed E-state index contributed by atoms with van der Waals surface area (Å²) in [5.74, 6) is -0.707. The highest BCUT2D eigenvalue weighted by Crippen LogP contribution is 2.25. The van der Waals surface area contributed by atoms with Gasteiger partial charge in [-0.2, -0.15) is 0 Å². The van der Waals surface area contributed by atoms with Gasteiger partial charge in [0.2, 0.25) is 5.91 Å². The third kappa shape index (κ3) is 4.19. The number of anilines is 1. The second kappa shape index (κ2) is 7.92. The molecule has 1 heterocycles. The predicted molar refractivity (Wildman–Crippen MR) is 107 cm³/mol. The molecule has 1 amide bonds. The Morgan fingerprint density at radius 2 is 1.89 bits per heavy atom. The average molecular weight is 385 g/mol. The number of hydrogen-bond acceptors (Lipinski definition) is 4. The van der Waals surface area contributed by atoms with Crippen molar-refractivity contribution in [3.05, 3.63) is 64.7 Å². The van der Waals surface area contributed by atoms with Gasteiger partial charge in [0.25, 0.3) is 5.56 Å². The predicted octanol–water partition coefficient (Wildman–Crippen LogP) is 4.24. The van der Waals surface area contributed by atoms with Gasteiger partial charge in [-0.1, -0.05) is 30.0 Å². The molecule has 1 aromatic heterocycles. The molecule has 0 aliphatic rings. The van der Waals surface area contributed by atoms with Gasteiger partial charge in [0.1, 0.15) is 5.82 Å². The van der Waals surface area contributed by atoms with Gasteiger partial charge in [0.05, 0.1) is 16.2 Å². The molecule has 7 heteroatoms. The first-order chi connectivity index (χ1) is 12.9. The first-order valence-corrected chi connectivity index (χ1v) is 9.49. The SMILES string of the molecule is CC(C)n1c(S[C@H](C)C(=O)Nc2cccc(F)c2)nc2ccccc2c1=O. The van der Waals surface area contributed by atoms with Crippen LogP contribution in [0.15, 0.2) is 58.5 Å². The van der Waals surface area contributed by atoms with Gasteiger partial charge in [-0.15, -0.1) is 0 Å². The number of carbonyl (C=O) groups excluding carboxylic acids is 1. The average Bonchev–Trinajstić information content (AvgIpc) is 2.61. The summed E-state index contributed by atoms with van der Waals surface area (Å²) < 4.78 is 14.9. The van der Waals surface area contributed by atoms with E-state index in [2.05, 4.69) is 10.3 Å². The largest absolute Gasteiger partial charge is 0.325 e. The summed E-state index contributed by atoms with van der Waals surface area (Å²) in [4.78, 5) is 29.9. The highest BCUT2D eigenvalue weighted by atomic mass is 32.2. The van der Waals surface area contributed by atoms with E-state index < -0.39 is 11.1 Å². The number of nitrogens with one attached hydrogen (secondary N) is 1. The van der Waals surface area contributed by atoms with Gasteiger partial charge in [-0.05, 0) is 51.1 Å². The van der Waals surface area contributed by atoms with Crippen LogP contribution in [0.5, 0.6) is 0 Å². The molecule has 3 rings (SSSR count). The quantitative estimate of drug-likeness (QED) is 0.527. The molecule has 140 valence electrons. The Morgan fingerprint density at radius 1 is 1.15 bits per heavy atom. The molecule has 5 nitrogen and oxygen atoms in total. The van der Waals surface area contributed by atoms with E-state index >= 15 is 0 Å². The van der Waals surface area contributed by atoms with Crippen LogP contribution in [-0.2, 0) is 4.79 Å². The topological polar surface area (TPSA) is 64.0 Å². The Balaban J connectivity index is 1.89. The minimum atomic E-state index is -0.522. The molecule has 3 aromatic rings. The number of carbonyl (C=O) groups is 1. The number of hydrogen-bond donors (Lipinski definition) is 1. The Labute approximate surface area is 160 Å². The van der Waals surface area contributed by atoms with Crippen molar-refractivity contribution in [3.8, 4) is 0 Å². The summed E-state index contributed by atoms with van der Waals surface area (Å²) in [6.45, 7) is 5.53. The van der Waals surface area contributed by atoms with Crippen molar-refractivity contribution in [2.75, 3.05) is 5.32 Å². The fraction of sp³-hybridized carbons (Fsp3) is 0.250. The second-order valence-electron chi connectivity index (χ2n) is 6.44. The van der Waals surface area contributed by atoms with E-state index in [0.29, 0.717) is 21.7 Å². The van der Waals surface area contributed by atoms with Crippen molar-refractivity contribution >= 4 is 34.3 Å². The van der Waals surface area contributed by atoms with Crippen molar-refractivity contribution in [1.29, 1.82) is 0 Å². The summed E-state index contributed by atoms with van der Waals surface area (Å²) in [7, 11) is 0. The maximum Gasteiger partial charge on any atom is 0.262 e. The molecule has 27 heavy (non-hydrogen) atoms. The lowest BCUT2D eigenvalue weighted by Gasteiger charge is -2.18. The van der Waals surface area contributed by atoms with Crippen LogP contribution < -0.4 is 10.9 Å². The first kappa shape index (κ1) is 19.1. The van der Waals surface area contributed by atoms with Gasteiger partial charge >= 0.3 is 0 Å². The lowest BCUT2D eigenvalue weighted by atomic mass is 10.2. The molecule has 2 aromatic carbocycles. The van der Waals surface area contributed by atoms with Crippen molar-refractivity contribution in [2.24, 2.45) is 0 Å². The molecule has 0 aliphatic heterocycles. The van der Waals surface area contributed by atoms with Crippen LogP contribution in [0.2, 0.25) is 0 Å². The minimum absolute atomic E-state index is 0.101. The molecule has 0 radical (unpaired) electrons. The summed E-state index contributed by atoms with van der Waals surface area (Å²) in [6, 6.07) is 12.8. The molecule has 1 atom stereocenters. The van der Waals surface area contributed by atoms with E-state index in [1.807, 2.05) is 19.9 Å². The minimum Gasteiger partial charge on any atom is -0.325 e. The zero-order valence-corrected chi connectivity index (χ0v) is 16.1. The number of amides is 1. The number of rotatable bonds is 5. The zero-order chi connectivity index (χ0) is 19.6. The molecule has 0 saturated carbocycles. The number of benzene rings is 2. The van der Waals surface area contributed by atoms with E-state index in [1.165, 1.54) is 30.0 Å². The standard InChI is InChI=1S/C20H20FN3O2S/c1-12(2)24-19(26)16-9-4-5-10-17(16)23-20(24)27-13(3)18(25)22-15-8-6-7-14(21)11-15/h4-13H,1-3H3,(H,22,25)/t13-/m1/s1. The third-order valence-corrected chi connectivity index (χ3v) is 5.10. The Bertz CT molecular complexity index is 1050. The van der Waals surface area contributed by atoms with Crippen LogP contribution in [0.25, 0.3) is 10.9 Å². The molecular formula is C20H20FN3O2S. The van der Waals surface area contributed by atoms with Gasteiger partial charge in [-0.25, -0.2) is 9.37 Å². The fourth-order valence-electron chi connectivity index (χ4n) is 2.69. The van der Waals surface area contributed by atoms with Gasteiger partial charge in [0.15, 0.2) is 5.16 Å². The Morgan fingerprint density at radius 3 is 2.59 bits per heavy atom. The normalized spacial score (nSPS) is 12.3. The van der Waals surface area contributed by atoms with Crippen LogP contribution in [-0.4, -0.2) is 20.7 Å². The van der Waals surface area contributed by atoms with Crippen molar-refractivity contribution < 1.29 is 9.18 Å². The number of thioether (sulfide) groups is 1. The molecule has 0 saturated heterocycles. The summed E-state index contributed by atoms with van der Waals surface area (Å²) in [5, 5.41) is 3.20. The number of aromatic nitrogens is 2. The van der Waals surface area contributed by atoms with Gasteiger partial charge in [-0.3, -0.25) is 14.2 Å². The number of halogens is 1. The van der Waals surface area contributed by atoms with Crippen molar-refractivity contribution in [2.45, 2.75) is 37.2 Å². The van der Waals surface area contributed by atoms with Crippen molar-refractivity contribution in [1.82, 2.24) is 9.55 Å². The monoisotopic (exact) mass is 385 g/mol. The number of nitrogens with zero attached hydrogens (tertiary/aromatic N) is 2. The third-order valence-electron chi connectivity index (χ3n) is 4.04. The van der Waals surface area contributed by atoms with Crippen LogP contribution >= 0.6 is 11.8 Å². The van der Waals surface area contributed by atoms with E-state index in [0.717, 1.165) is 0 Å². The molecule has 0 aliphatic carbocycles. The molecule has 0 unspecified atom stereocenters. The smallest absolute Gasteiger partial charge is 0.262 e. The summed E-state index contributed by atoms with van der Waals surface area (Å²) in [6.07, 6.45) is 0.